The molecule has 1 heterocycles. The fraction of sp³-hybridized carbons (Fsp3) is 0.562. The Balaban J connectivity index is 0.00000242. The molecule has 0 aromatic heterocycles. The van der Waals surface area contributed by atoms with Crippen LogP contribution >= 0.6 is 24.2 Å². The summed E-state index contributed by atoms with van der Waals surface area (Å²) in [6.45, 7) is 3.70. The maximum atomic E-state index is 11.9. The van der Waals surface area contributed by atoms with E-state index in [1.54, 1.807) is 11.8 Å². The molecule has 1 aromatic rings. The molecule has 1 unspecified atom stereocenters. The molecule has 0 saturated carbocycles. The number of anilines is 1. The minimum absolute atomic E-state index is 0. The van der Waals surface area contributed by atoms with E-state index in [-0.39, 0.29) is 24.4 Å². The molecule has 3 N–H and O–H groups in total. The number of halogens is 1. The molecule has 4 nitrogen and oxygen atoms in total. The quantitative estimate of drug-likeness (QED) is 0.795. The second-order valence-corrected chi connectivity index (χ2v) is 6.54. The van der Waals surface area contributed by atoms with Crippen molar-refractivity contribution in [3.63, 3.8) is 0 Å². The summed E-state index contributed by atoms with van der Waals surface area (Å²) in [5, 5.41) is 2.95. The molecule has 6 heteroatoms. The summed E-state index contributed by atoms with van der Waals surface area (Å²) in [7, 11) is 0. The largest absolute Gasteiger partial charge is 0.367 e. The van der Waals surface area contributed by atoms with Crippen LogP contribution in [0.1, 0.15) is 18.9 Å². The molecule has 1 aliphatic heterocycles. The highest BCUT2D eigenvalue weighted by Gasteiger charge is 2.25. The molecule has 22 heavy (non-hydrogen) atoms. The number of nitrogens with two attached hydrogens (primary N) is 1. The van der Waals surface area contributed by atoms with Crippen LogP contribution in [0.2, 0.25) is 0 Å². The molecule has 0 spiro atoms. The first-order valence-electron chi connectivity index (χ1n) is 7.50. The molecule has 0 radical (unpaired) electrons. The highest BCUT2D eigenvalue weighted by atomic mass is 35.5. The predicted octanol–water partition coefficient (Wildman–Crippen LogP) is 2.06. The number of hydrogen-bond donors (Lipinski definition) is 2. The Bertz CT molecular complexity index is 486. The average Bonchev–Trinajstić information content (AvgIpc) is 2.80. The summed E-state index contributed by atoms with van der Waals surface area (Å²) >= 11 is 1.72. The second kappa shape index (κ2) is 9.28. The number of benzene rings is 1. The monoisotopic (exact) mass is 343 g/mol. The topological polar surface area (TPSA) is 58.4 Å². The van der Waals surface area contributed by atoms with Gasteiger partial charge >= 0.3 is 0 Å². The van der Waals surface area contributed by atoms with Gasteiger partial charge in [-0.25, -0.2) is 0 Å². The molecule has 0 aliphatic carbocycles. The number of rotatable bonds is 7. The smallest absolute Gasteiger partial charge is 0.237 e. The van der Waals surface area contributed by atoms with E-state index < -0.39 is 0 Å². The van der Waals surface area contributed by atoms with Crippen LogP contribution in [-0.4, -0.2) is 43.1 Å². The van der Waals surface area contributed by atoms with E-state index in [2.05, 4.69) is 41.4 Å². The van der Waals surface area contributed by atoms with Gasteiger partial charge in [0.1, 0.15) is 0 Å². The van der Waals surface area contributed by atoms with Gasteiger partial charge in [0.15, 0.2) is 0 Å². The summed E-state index contributed by atoms with van der Waals surface area (Å²) in [5.74, 6) is 0.884. The van der Waals surface area contributed by atoms with E-state index in [4.69, 9.17) is 5.73 Å². The highest BCUT2D eigenvalue weighted by Crippen LogP contribution is 2.31. The summed E-state index contributed by atoms with van der Waals surface area (Å²) < 4.78 is 0. The number of nitrogens with one attached hydrogen (secondary N) is 1. The third-order valence-corrected chi connectivity index (χ3v) is 4.61. The minimum Gasteiger partial charge on any atom is -0.367 e. The number of amides is 1. The Labute approximate surface area is 143 Å². The van der Waals surface area contributed by atoms with Crippen molar-refractivity contribution in [1.29, 1.82) is 0 Å². The van der Waals surface area contributed by atoms with Crippen molar-refractivity contribution >= 4 is 35.8 Å². The van der Waals surface area contributed by atoms with Crippen molar-refractivity contribution in [3.8, 4) is 0 Å². The molecule has 124 valence electrons. The zero-order valence-electron chi connectivity index (χ0n) is 13.2. The molecule has 0 saturated heterocycles. The van der Waals surface area contributed by atoms with Crippen LogP contribution in [0.3, 0.4) is 0 Å². The predicted molar refractivity (Wildman–Crippen MR) is 98.2 cm³/mol. The van der Waals surface area contributed by atoms with Crippen molar-refractivity contribution < 1.29 is 4.79 Å². The molecule has 1 aliphatic rings. The van der Waals surface area contributed by atoms with Gasteiger partial charge in [-0.05, 0) is 43.4 Å². The fourth-order valence-electron chi connectivity index (χ4n) is 2.78. The Morgan fingerprint density at radius 1 is 1.50 bits per heavy atom. The van der Waals surface area contributed by atoms with E-state index in [1.165, 1.54) is 11.3 Å². The first-order valence-corrected chi connectivity index (χ1v) is 8.89. The normalized spacial score (nSPS) is 17.6. The molecule has 2 rings (SSSR count). The molecular weight excluding hydrogens is 318 g/mol. The maximum Gasteiger partial charge on any atom is 0.237 e. The van der Waals surface area contributed by atoms with Gasteiger partial charge in [0.05, 0.1) is 6.04 Å². The number of nitrogens with zero attached hydrogens (tertiary/aromatic N) is 1. The molecule has 0 fully saturated rings. The Kier molecular flexibility index (Phi) is 8.07. The summed E-state index contributed by atoms with van der Waals surface area (Å²) in [5.41, 5.74) is 8.56. The van der Waals surface area contributed by atoms with Gasteiger partial charge in [-0.1, -0.05) is 18.2 Å². The zero-order chi connectivity index (χ0) is 15.2. The van der Waals surface area contributed by atoms with Crippen LogP contribution in [0.4, 0.5) is 5.69 Å². The van der Waals surface area contributed by atoms with E-state index >= 15 is 0 Å². The van der Waals surface area contributed by atoms with Crippen LogP contribution in [-0.2, 0) is 11.2 Å². The number of fused-ring (bicyclic) bond motifs is 1. The SMILES string of the molecule is CSCC[C@H](N)C(=O)NCCN1c2ccccc2CC1C.Cl. The van der Waals surface area contributed by atoms with Gasteiger partial charge in [-0.15, -0.1) is 12.4 Å². The van der Waals surface area contributed by atoms with Crippen molar-refractivity contribution in [1.82, 2.24) is 5.32 Å². The van der Waals surface area contributed by atoms with E-state index in [1.807, 2.05) is 6.26 Å². The molecule has 1 amide bonds. The lowest BCUT2D eigenvalue weighted by Crippen LogP contribution is -2.44. The Morgan fingerprint density at radius 3 is 2.95 bits per heavy atom. The van der Waals surface area contributed by atoms with E-state index in [0.717, 1.165) is 25.1 Å². The van der Waals surface area contributed by atoms with Crippen molar-refractivity contribution in [3.05, 3.63) is 29.8 Å². The van der Waals surface area contributed by atoms with Gasteiger partial charge in [-0.3, -0.25) is 4.79 Å². The lowest BCUT2D eigenvalue weighted by atomic mass is 10.1. The molecular formula is C16H26ClN3OS. The molecule has 0 bridgehead atoms. The lowest BCUT2D eigenvalue weighted by Gasteiger charge is -2.25. The fourth-order valence-corrected chi connectivity index (χ4v) is 3.27. The minimum atomic E-state index is -0.388. The van der Waals surface area contributed by atoms with Crippen molar-refractivity contribution in [2.75, 3.05) is 30.0 Å². The second-order valence-electron chi connectivity index (χ2n) is 5.55. The van der Waals surface area contributed by atoms with Gasteiger partial charge in [0.2, 0.25) is 5.91 Å². The first-order chi connectivity index (χ1) is 10.1. The van der Waals surface area contributed by atoms with Gasteiger partial charge < -0.3 is 16.0 Å². The highest BCUT2D eigenvalue weighted by molar-refractivity contribution is 7.98. The van der Waals surface area contributed by atoms with Gasteiger partial charge in [-0.2, -0.15) is 11.8 Å². The van der Waals surface area contributed by atoms with Crippen molar-refractivity contribution in [2.24, 2.45) is 5.73 Å². The van der Waals surface area contributed by atoms with Crippen LogP contribution in [0.5, 0.6) is 0 Å². The summed E-state index contributed by atoms with van der Waals surface area (Å²) in [4.78, 5) is 14.2. The third-order valence-electron chi connectivity index (χ3n) is 3.97. The van der Waals surface area contributed by atoms with E-state index in [9.17, 15) is 4.79 Å². The zero-order valence-corrected chi connectivity index (χ0v) is 14.9. The summed E-state index contributed by atoms with van der Waals surface area (Å²) in [6.07, 6.45) is 3.84. The maximum absolute atomic E-state index is 11.9. The Hall–Kier alpha value is -0.910. The lowest BCUT2D eigenvalue weighted by molar-refractivity contribution is -0.122. The third kappa shape index (κ3) is 4.80. The van der Waals surface area contributed by atoms with Crippen molar-refractivity contribution in [2.45, 2.75) is 31.8 Å². The standard InChI is InChI=1S/C16H25N3OS.ClH/c1-12-11-13-5-3-4-6-15(13)19(12)9-8-18-16(20)14(17)7-10-21-2;/h3-6,12,14H,7-11,17H2,1-2H3,(H,18,20);1H/t12?,14-;/m0./s1. The van der Waals surface area contributed by atoms with Crippen LogP contribution in [0, 0.1) is 0 Å². The number of hydrogen-bond acceptors (Lipinski definition) is 4. The molecule has 1 aromatic carbocycles. The average molecular weight is 344 g/mol. The van der Waals surface area contributed by atoms with Crippen LogP contribution in [0.15, 0.2) is 24.3 Å². The number of thioether (sulfide) groups is 1. The van der Waals surface area contributed by atoms with Gasteiger partial charge in [0, 0.05) is 24.8 Å². The number of para-hydroxylation sites is 1. The number of carbonyl (C=O) groups excluding carboxylic acids is 1. The first kappa shape index (κ1) is 19.1. The number of carbonyl (C=O) groups is 1. The van der Waals surface area contributed by atoms with Gasteiger partial charge in [0.25, 0.3) is 0 Å². The summed E-state index contributed by atoms with van der Waals surface area (Å²) in [6, 6.07) is 8.60. The Morgan fingerprint density at radius 2 is 2.23 bits per heavy atom. The molecule has 2 atom stereocenters. The van der Waals surface area contributed by atoms with Crippen LogP contribution < -0.4 is 16.0 Å². The van der Waals surface area contributed by atoms with E-state index in [0.29, 0.717) is 12.6 Å². The van der Waals surface area contributed by atoms with Crippen LogP contribution in [0.25, 0.3) is 0 Å².